The minimum absolute atomic E-state index is 0.602. The maximum Gasteiger partial charge on any atom is 0.0589 e. The molecular weight excluding hydrogens is 200 g/mol. The molecule has 2 unspecified atom stereocenters. The van der Waals surface area contributed by atoms with Crippen LogP contribution < -0.4 is 5.32 Å². The molecule has 16 heavy (non-hydrogen) atoms. The Bertz CT molecular complexity index is 183. The molecule has 96 valence electrons. The first-order valence-electron chi connectivity index (χ1n) is 6.66. The summed E-state index contributed by atoms with van der Waals surface area (Å²) in [6.07, 6.45) is 2.83. The SMILES string of the molecule is CCNCC(C)N(CCOC)C(C)C1CC1. The summed E-state index contributed by atoms with van der Waals surface area (Å²) >= 11 is 0. The third-order valence-electron chi connectivity index (χ3n) is 3.64. The quantitative estimate of drug-likeness (QED) is 0.650. The van der Waals surface area contributed by atoms with Gasteiger partial charge in [0.1, 0.15) is 0 Å². The molecule has 3 nitrogen and oxygen atoms in total. The van der Waals surface area contributed by atoms with E-state index >= 15 is 0 Å². The summed E-state index contributed by atoms with van der Waals surface area (Å²) < 4.78 is 5.22. The molecule has 0 heterocycles. The number of methoxy groups -OCH3 is 1. The van der Waals surface area contributed by atoms with E-state index in [-0.39, 0.29) is 0 Å². The first-order valence-corrected chi connectivity index (χ1v) is 6.66. The molecule has 0 aromatic rings. The van der Waals surface area contributed by atoms with E-state index in [0.29, 0.717) is 12.1 Å². The largest absolute Gasteiger partial charge is 0.383 e. The molecule has 0 aromatic carbocycles. The predicted octanol–water partition coefficient (Wildman–Crippen LogP) is 1.73. The van der Waals surface area contributed by atoms with Gasteiger partial charge in [0.2, 0.25) is 0 Å². The van der Waals surface area contributed by atoms with Gasteiger partial charge < -0.3 is 10.1 Å². The standard InChI is InChI=1S/C13H28N2O/c1-5-14-10-11(2)15(8-9-16-4)12(3)13-6-7-13/h11-14H,5-10H2,1-4H3. The van der Waals surface area contributed by atoms with Crippen molar-refractivity contribution in [1.29, 1.82) is 0 Å². The van der Waals surface area contributed by atoms with Crippen molar-refractivity contribution in [3.63, 3.8) is 0 Å². The van der Waals surface area contributed by atoms with Gasteiger partial charge in [-0.2, -0.15) is 0 Å². The summed E-state index contributed by atoms with van der Waals surface area (Å²) in [5, 5.41) is 3.44. The summed E-state index contributed by atoms with van der Waals surface area (Å²) in [7, 11) is 1.79. The average molecular weight is 228 g/mol. The van der Waals surface area contributed by atoms with Crippen molar-refractivity contribution in [2.24, 2.45) is 5.92 Å². The van der Waals surface area contributed by atoms with Crippen LogP contribution in [0.1, 0.15) is 33.6 Å². The molecular formula is C13H28N2O. The Hall–Kier alpha value is -0.120. The van der Waals surface area contributed by atoms with Gasteiger partial charge in [-0.25, -0.2) is 0 Å². The number of hydrogen-bond donors (Lipinski definition) is 1. The topological polar surface area (TPSA) is 24.5 Å². The molecule has 1 N–H and O–H groups in total. The minimum Gasteiger partial charge on any atom is -0.383 e. The molecule has 0 aliphatic heterocycles. The molecule has 1 aliphatic rings. The van der Waals surface area contributed by atoms with Crippen LogP contribution in [-0.2, 0) is 4.74 Å². The monoisotopic (exact) mass is 228 g/mol. The molecule has 1 rings (SSSR count). The van der Waals surface area contributed by atoms with Gasteiger partial charge >= 0.3 is 0 Å². The van der Waals surface area contributed by atoms with Crippen molar-refractivity contribution < 1.29 is 4.74 Å². The van der Waals surface area contributed by atoms with E-state index in [2.05, 4.69) is 31.0 Å². The van der Waals surface area contributed by atoms with Crippen LogP contribution in [0.3, 0.4) is 0 Å². The Morgan fingerprint density at radius 1 is 1.38 bits per heavy atom. The second-order valence-electron chi connectivity index (χ2n) is 4.97. The lowest BCUT2D eigenvalue weighted by Crippen LogP contribution is -2.47. The molecule has 0 spiro atoms. The van der Waals surface area contributed by atoms with Crippen LogP contribution in [0.4, 0.5) is 0 Å². The van der Waals surface area contributed by atoms with Crippen LogP contribution in [0, 0.1) is 5.92 Å². The van der Waals surface area contributed by atoms with Crippen LogP contribution >= 0.6 is 0 Å². The Labute approximate surface area is 101 Å². The number of nitrogens with one attached hydrogen (secondary N) is 1. The summed E-state index contributed by atoms with van der Waals surface area (Å²) in [6, 6.07) is 1.31. The first kappa shape index (κ1) is 13.9. The van der Waals surface area contributed by atoms with Gasteiger partial charge in [-0.3, -0.25) is 4.90 Å². The second-order valence-corrected chi connectivity index (χ2v) is 4.97. The highest BCUT2D eigenvalue weighted by Gasteiger charge is 2.33. The average Bonchev–Trinajstić information content (AvgIpc) is 3.10. The highest BCUT2D eigenvalue weighted by Crippen LogP contribution is 2.35. The Balaban J connectivity index is 2.40. The third kappa shape index (κ3) is 4.40. The van der Waals surface area contributed by atoms with Crippen LogP contribution in [0.2, 0.25) is 0 Å². The molecule has 1 aliphatic carbocycles. The van der Waals surface area contributed by atoms with Crippen LogP contribution in [0.25, 0.3) is 0 Å². The van der Waals surface area contributed by atoms with E-state index < -0.39 is 0 Å². The van der Waals surface area contributed by atoms with Gasteiger partial charge in [0.05, 0.1) is 6.61 Å². The molecule has 3 heteroatoms. The lowest BCUT2D eigenvalue weighted by Gasteiger charge is -2.34. The highest BCUT2D eigenvalue weighted by molar-refractivity contribution is 4.87. The molecule has 0 bridgehead atoms. The number of hydrogen-bond acceptors (Lipinski definition) is 3. The first-order chi connectivity index (χ1) is 7.70. The van der Waals surface area contributed by atoms with Gasteiger partial charge in [-0.1, -0.05) is 6.92 Å². The Morgan fingerprint density at radius 3 is 2.56 bits per heavy atom. The smallest absolute Gasteiger partial charge is 0.0589 e. The third-order valence-corrected chi connectivity index (χ3v) is 3.64. The van der Waals surface area contributed by atoms with E-state index in [4.69, 9.17) is 4.74 Å². The zero-order chi connectivity index (χ0) is 12.0. The molecule has 0 radical (unpaired) electrons. The molecule has 0 amide bonds. The van der Waals surface area contributed by atoms with Crippen LogP contribution in [-0.4, -0.2) is 50.3 Å². The fourth-order valence-electron chi connectivity index (χ4n) is 2.34. The summed E-state index contributed by atoms with van der Waals surface area (Å²) in [5.41, 5.74) is 0. The summed E-state index contributed by atoms with van der Waals surface area (Å²) in [5.74, 6) is 0.931. The zero-order valence-electron chi connectivity index (χ0n) is 11.3. The van der Waals surface area contributed by atoms with E-state index in [9.17, 15) is 0 Å². The fraction of sp³-hybridized carbons (Fsp3) is 1.00. The Kier molecular flexibility index (Phi) is 6.32. The van der Waals surface area contributed by atoms with Crippen molar-refractivity contribution >= 4 is 0 Å². The van der Waals surface area contributed by atoms with E-state index in [1.807, 2.05) is 0 Å². The predicted molar refractivity (Wildman–Crippen MR) is 68.8 cm³/mol. The fourth-order valence-corrected chi connectivity index (χ4v) is 2.34. The van der Waals surface area contributed by atoms with Crippen LogP contribution in [0.15, 0.2) is 0 Å². The maximum atomic E-state index is 5.22. The summed E-state index contributed by atoms with van der Waals surface area (Å²) in [6.45, 7) is 10.9. The van der Waals surface area contributed by atoms with Gasteiger partial charge in [0.25, 0.3) is 0 Å². The number of rotatable bonds is 9. The number of ether oxygens (including phenoxy) is 1. The maximum absolute atomic E-state index is 5.22. The molecule has 1 saturated carbocycles. The van der Waals surface area contributed by atoms with Crippen molar-refractivity contribution in [2.45, 2.75) is 45.7 Å². The lowest BCUT2D eigenvalue weighted by atomic mass is 10.1. The van der Waals surface area contributed by atoms with Gasteiger partial charge in [-0.05, 0) is 39.2 Å². The second kappa shape index (κ2) is 7.25. The number of nitrogens with zero attached hydrogens (tertiary/aromatic N) is 1. The van der Waals surface area contributed by atoms with Crippen molar-refractivity contribution in [2.75, 3.05) is 33.4 Å². The van der Waals surface area contributed by atoms with Crippen LogP contribution in [0.5, 0.6) is 0 Å². The molecule has 1 fully saturated rings. The highest BCUT2D eigenvalue weighted by atomic mass is 16.5. The van der Waals surface area contributed by atoms with Crippen molar-refractivity contribution in [3.05, 3.63) is 0 Å². The van der Waals surface area contributed by atoms with Crippen molar-refractivity contribution in [3.8, 4) is 0 Å². The lowest BCUT2D eigenvalue weighted by molar-refractivity contribution is 0.0871. The van der Waals surface area contributed by atoms with Gasteiger partial charge in [0.15, 0.2) is 0 Å². The molecule has 2 atom stereocenters. The molecule has 0 saturated heterocycles. The van der Waals surface area contributed by atoms with Gasteiger partial charge in [-0.15, -0.1) is 0 Å². The van der Waals surface area contributed by atoms with E-state index in [0.717, 1.165) is 32.2 Å². The van der Waals surface area contributed by atoms with E-state index in [1.54, 1.807) is 7.11 Å². The zero-order valence-corrected chi connectivity index (χ0v) is 11.3. The van der Waals surface area contributed by atoms with Crippen molar-refractivity contribution in [1.82, 2.24) is 10.2 Å². The summed E-state index contributed by atoms with van der Waals surface area (Å²) in [4.78, 5) is 2.60. The van der Waals surface area contributed by atoms with Gasteiger partial charge in [0, 0.05) is 32.3 Å². The minimum atomic E-state index is 0.602. The normalized spacial score (nSPS) is 20.1. The number of likely N-dealkylation sites (N-methyl/N-ethyl adjacent to an activating group) is 1. The van der Waals surface area contributed by atoms with E-state index in [1.165, 1.54) is 12.8 Å². The molecule has 0 aromatic heterocycles. The Morgan fingerprint density at radius 2 is 2.06 bits per heavy atom.